The maximum absolute atomic E-state index is 14.8. The molecule has 11 heteroatoms. The van der Waals surface area contributed by atoms with Crippen LogP contribution in [-0.4, -0.2) is 34.9 Å². The van der Waals surface area contributed by atoms with E-state index in [0.717, 1.165) is 0 Å². The summed E-state index contributed by atoms with van der Waals surface area (Å²) in [6.45, 7) is 0. The van der Waals surface area contributed by atoms with E-state index >= 15 is 0 Å². The molecule has 22 heavy (non-hydrogen) atoms. The first kappa shape index (κ1) is 17.6. The Hall–Kier alpha value is -0.740. The Morgan fingerprint density at radius 1 is 0.818 bits per heavy atom. The molecule has 2 saturated carbocycles. The second-order valence-corrected chi connectivity index (χ2v) is 5.76. The maximum atomic E-state index is 14.8. The highest BCUT2D eigenvalue weighted by atomic mass is 19.4. The minimum absolute atomic E-state index is 0.327. The summed E-state index contributed by atoms with van der Waals surface area (Å²) >= 11 is 0. The molecule has 0 aliphatic heterocycles. The van der Waals surface area contributed by atoms with Gasteiger partial charge in [-0.05, 0) is 31.1 Å². The second-order valence-electron chi connectivity index (χ2n) is 5.76. The minimum Gasteiger partial charge on any atom is -0.371 e. The topological polar surface area (TPSA) is 20.2 Å². The molecule has 0 amide bonds. The summed E-state index contributed by atoms with van der Waals surface area (Å²) in [5, 5.41) is 9.17. The van der Waals surface area contributed by atoms with Crippen LogP contribution in [0.1, 0.15) is 19.3 Å². The van der Waals surface area contributed by atoms with E-state index in [0.29, 0.717) is 0 Å². The van der Waals surface area contributed by atoms with E-state index in [1.54, 1.807) is 0 Å². The molecule has 2 bridgehead atoms. The average Bonchev–Trinajstić information content (AvgIpc) is 2.81. The zero-order valence-electron chi connectivity index (χ0n) is 10.6. The maximum Gasteiger partial charge on any atom is 0.429 e. The molecular weight excluding hydrogens is 338 g/mol. The zero-order chi connectivity index (χ0) is 17.4. The first-order valence-corrected chi connectivity index (χ1v) is 6.20. The van der Waals surface area contributed by atoms with Gasteiger partial charge in [-0.2, -0.15) is 39.5 Å². The summed E-state index contributed by atoms with van der Waals surface area (Å²) in [4.78, 5) is 0. The van der Waals surface area contributed by atoms with E-state index in [1.807, 2.05) is 0 Å². The molecule has 2 fully saturated rings. The summed E-state index contributed by atoms with van der Waals surface area (Å²) < 4.78 is 130. The zero-order valence-corrected chi connectivity index (χ0v) is 10.6. The molecule has 0 aromatic carbocycles. The standard InChI is InChI=1S/C11H10F10O/c12-7(9(22,10(16,17)18)11(19,20)21)5-2-1-4(3-5)6(7)8(13,14)15/h4-6,22H,1-3H2. The van der Waals surface area contributed by atoms with Gasteiger partial charge >= 0.3 is 18.5 Å². The predicted octanol–water partition coefficient (Wildman–Crippen LogP) is 4.16. The molecule has 130 valence electrons. The third kappa shape index (κ3) is 1.96. The summed E-state index contributed by atoms with van der Waals surface area (Å²) in [6, 6.07) is 0. The monoisotopic (exact) mass is 348 g/mol. The Morgan fingerprint density at radius 2 is 1.27 bits per heavy atom. The molecule has 0 spiro atoms. The van der Waals surface area contributed by atoms with Gasteiger partial charge in [0.2, 0.25) is 0 Å². The molecule has 0 radical (unpaired) electrons. The average molecular weight is 348 g/mol. The Labute approximate surface area is 117 Å². The van der Waals surface area contributed by atoms with Crippen molar-refractivity contribution in [1.82, 2.24) is 0 Å². The fraction of sp³-hybridized carbons (Fsp3) is 1.00. The van der Waals surface area contributed by atoms with Gasteiger partial charge in [-0.1, -0.05) is 0 Å². The highest BCUT2D eigenvalue weighted by Gasteiger charge is 2.88. The number of halogens is 10. The van der Waals surface area contributed by atoms with Crippen LogP contribution in [0.3, 0.4) is 0 Å². The van der Waals surface area contributed by atoms with Crippen molar-refractivity contribution >= 4 is 0 Å². The summed E-state index contributed by atoms with van der Waals surface area (Å²) in [5.74, 6) is -7.37. The normalized spacial score (nSPS) is 37.0. The lowest BCUT2D eigenvalue weighted by Crippen LogP contribution is -2.74. The minimum atomic E-state index is -6.63. The van der Waals surface area contributed by atoms with E-state index in [9.17, 15) is 49.0 Å². The molecule has 0 saturated heterocycles. The number of hydrogen-bond acceptors (Lipinski definition) is 1. The lowest BCUT2D eigenvalue weighted by molar-refractivity contribution is -0.424. The van der Waals surface area contributed by atoms with Crippen molar-refractivity contribution < 1.29 is 49.0 Å². The van der Waals surface area contributed by atoms with Crippen LogP contribution in [0.4, 0.5) is 43.9 Å². The summed E-state index contributed by atoms with van der Waals surface area (Å²) in [5.41, 5.74) is -10.9. The predicted molar refractivity (Wildman–Crippen MR) is 51.3 cm³/mol. The molecule has 1 nitrogen and oxygen atoms in total. The molecule has 0 heterocycles. The number of aliphatic hydroxyl groups is 1. The van der Waals surface area contributed by atoms with Crippen LogP contribution in [0.25, 0.3) is 0 Å². The van der Waals surface area contributed by atoms with Crippen LogP contribution in [0.2, 0.25) is 0 Å². The number of rotatable bonds is 1. The van der Waals surface area contributed by atoms with E-state index in [2.05, 4.69) is 0 Å². The molecular formula is C11H10F10O. The van der Waals surface area contributed by atoms with E-state index in [4.69, 9.17) is 0 Å². The van der Waals surface area contributed by atoms with Crippen molar-refractivity contribution in [3.63, 3.8) is 0 Å². The Kier molecular flexibility index (Phi) is 3.53. The lowest BCUT2D eigenvalue weighted by Gasteiger charge is -2.49. The van der Waals surface area contributed by atoms with E-state index in [-0.39, 0.29) is 6.42 Å². The number of hydrogen-bond donors (Lipinski definition) is 1. The lowest BCUT2D eigenvalue weighted by atomic mass is 9.66. The van der Waals surface area contributed by atoms with Gasteiger partial charge in [0, 0.05) is 0 Å². The van der Waals surface area contributed by atoms with Crippen molar-refractivity contribution in [3.05, 3.63) is 0 Å². The fourth-order valence-corrected chi connectivity index (χ4v) is 3.92. The molecule has 2 aliphatic carbocycles. The smallest absolute Gasteiger partial charge is 0.371 e. The van der Waals surface area contributed by atoms with Crippen molar-refractivity contribution in [3.8, 4) is 0 Å². The van der Waals surface area contributed by atoms with Crippen molar-refractivity contribution in [2.75, 3.05) is 0 Å². The largest absolute Gasteiger partial charge is 0.429 e. The summed E-state index contributed by atoms with van der Waals surface area (Å²) in [6.07, 6.45) is -20.6. The van der Waals surface area contributed by atoms with E-state index < -0.39 is 60.4 Å². The van der Waals surface area contributed by atoms with Crippen LogP contribution in [0.5, 0.6) is 0 Å². The van der Waals surface area contributed by atoms with Gasteiger partial charge in [0.05, 0.1) is 5.92 Å². The molecule has 2 rings (SSSR count). The Balaban J connectivity index is 2.68. The molecule has 0 aromatic heterocycles. The van der Waals surface area contributed by atoms with Crippen LogP contribution < -0.4 is 0 Å². The van der Waals surface area contributed by atoms with Crippen LogP contribution >= 0.6 is 0 Å². The van der Waals surface area contributed by atoms with Crippen molar-refractivity contribution in [2.45, 2.75) is 49.1 Å². The first-order chi connectivity index (χ1) is 9.58. The molecule has 2 aliphatic rings. The van der Waals surface area contributed by atoms with Gasteiger partial charge in [0.1, 0.15) is 0 Å². The van der Waals surface area contributed by atoms with Crippen LogP contribution in [0, 0.1) is 17.8 Å². The highest BCUT2D eigenvalue weighted by Crippen LogP contribution is 2.69. The van der Waals surface area contributed by atoms with Crippen molar-refractivity contribution in [2.24, 2.45) is 17.8 Å². The number of alkyl halides is 10. The fourth-order valence-electron chi connectivity index (χ4n) is 3.92. The quantitative estimate of drug-likeness (QED) is 0.706. The molecule has 0 aromatic rings. The van der Waals surface area contributed by atoms with Crippen LogP contribution in [-0.2, 0) is 0 Å². The molecule has 4 atom stereocenters. The first-order valence-electron chi connectivity index (χ1n) is 6.20. The van der Waals surface area contributed by atoms with Gasteiger partial charge in [-0.15, -0.1) is 0 Å². The second kappa shape index (κ2) is 4.41. The Bertz CT molecular complexity index is 435. The molecule has 1 N–H and O–H groups in total. The van der Waals surface area contributed by atoms with Gasteiger partial charge < -0.3 is 5.11 Å². The van der Waals surface area contributed by atoms with Gasteiger partial charge in [-0.25, -0.2) is 4.39 Å². The van der Waals surface area contributed by atoms with Gasteiger partial charge in [-0.3, -0.25) is 0 Å². The van der Waals surface area contributed by atoms with E-state index in [1.165, 1.54) is 0 Å². The highest BCUT2D eigenvalue weighted by molar-refractivity contribution is 5.22. The third-order valence-corrected chi connectivity index (χ3v) is 4.72. The van der Waals surface area contributed by atoms with Gasteiger partial charge in [0.25, 0.3) is 5.60 Å². The number of fused-ring (bicyclic) bond motifs is 2. The van der Waals surface area contributed by atoms with Crippen molar-refractivity contribution in [1.29, 1.82) is 0 Å². The Morgan fingerprint density at radius 3 is 1.64 bits per heavy atom. The molecule has 4 unspecified atom stereocenters. The van der Waals surface area contributed by atoms with Gasteiger partial charge in [0.15, 0.2) is 5.67 Å². The summed E-state index contributed by atoms with van der Waals surface area (Å²) in [7, 11) is 0. The van der Waals surface area contributed by atoms with Crippen LogP contribution in [0.15, 0.2) is 0 Å². The third-order valence-electron chi connectivity index (χ3n) is 4.72. The SMILES string of the molecule is OC(C(F)(F)F)(C(F)(F)F)C1(F)C2CCC(C2)C1C(F)(F)F.